The van der Waals surface area contributed by atoms with Crippen molar-refractivity contribution in [2.45, 2.75) is 25.5 Å². The van der Waals surface area contributed by atoms with Crippen molar-refractivity contribution < 1.29 is 4.74 Å². The van der Waals surface area contributed by atoms with Gasteiger partial charge in [0.05, 0.1) is 0 Å². The molecule has 0 amide bonds. The molecule has 1 atom stereocenters. The number of rotatable bonds is 6. The Labute approximate surface area is 144 Å². The second-order valence-corrected chi connectivity index (χ2v) is 6.88. The summed E-state index contributed by atoms with van der Waals surface area (Å²) in [6, 6.07) is 19.6. The second-order valence-electron chi connectivity index (χ2n) is 6.88. The smallest absolute Gasteiger partial charge is 0.124 e. The maximum absolute atomic E-state index is 6.23. The molecule has 1 saturated heterocycles. The minimum Gasteiger partial charge on any atom is -0.489 e. The highest BCUT2D eigenvalue weighted by atomic mass is 16.5. The molecule has 1 heterocycles. The van der Waals surface area contributed by atoms with Gasteiger partial charge in [0.1, 0.15) is 12.4 Å². The third kappa shape index (κ3) is 3.63. The second kappa shape index (κ2) is 7.37. The molecule has 4 rings (SSSR count). The monoisotopic (exact) mass is 322 g/mol. The molecule has 0 bridgehead atoms. The first-order valence-electron chi connectivity index (χ1n) is 9.12. The summed E-state index contributed by atoms with van der Waals surface area (Å²) in [7, 11) is 0. The third-order valence-electron chi connectivity index (χ3n) is 5.09. The number of benzene rings is 2. The predicted octanol–water partition coefficient (Wildman–Crippen LogP) is 3.62. The fraction of sp³-hybridized carbons (Fsp3) is 0.429. The summed E-state index contributed by atoms with van der Waals surface area (Å²) in [6.45, 7) is 5.09. The van der Waals surface area contributed by atoms with Crippen LogP contribution in [0.3, 0.4) is 0 Å². The molecule has 126 valence electrons. The number of hydrogen-bond acceptors (Lipinski definition) is 3. The van der Waals surface area contributed by atoms with Crippen molar-refractivity contribution in [1.82, 2.24) is 10.2 Å². The molecule has 1 aliphatic carbocycles. The highest BCUT2D eigenvalue weighted by Gasteiger charge is 2.38. The number of hydrogen-bond donors (Lipinski definition) is 1. The van der Waals surface area contributed by atoms with E-state index >= 15 is 0 Å². The summed E-state index contributed by atoms with van der Waals surface area (Å²) in [5.74, 6) is 1.85. The lowest BCUT2D eigenvalue weighted by Gasteiger charge is -2.36. The van der Waals surface area contributed by atoms with E-state index in [-0.39, 0.29) is 0 Å². The quantitative estimate of drug-likeness (QED) is 0.879. The number of nitrogens with one attached hydrogen (secondary N) is 1. The van der Waals surface area contributed by atoms with Crippen LogP contribution in [0.2, 0.25) is 0 Å². The van der Waals surface area contributed by atoms with Crippen LogP contribution in [-0.4, -0.2) is 31.1 Å². The summed E-state index contributed by atoms with van der Waals surface area (Å²) >= 11 is 0. The number of ether oxygens (including phenoxy) is 1. The molecule has 24 heavy (non-hydrogen) atoms. The standard InChI is InChI=1S/C21H26N2O/c1-2-6-17(7-3-1)16-24-20-9-5-4-8-19(20)21(18-10-11-18)23-14-12-22-13-15-23/h1-9,18,21-22H,10-16H2/t21-/m1/s1. The van der Waals surface area contributed by atoms with Gasteiger partial charge in [-0.25, -0.2) is 0 Å². The first-order chi connectivity index (χ1) is 11.9. The SMILES string of the molecule is c1ccc(COc2ccccc2[C@@H](C2CC2)N2CCNCC2)cc1. The van der Waals surface area contributed by atoms with Crippen LogP contribution < -0.4 is 10.1 Å². The lowest BCUT2D eigenvalue weighted by atomic mass is 9.98. The predicted molar refractivity (Wildman–Crippen MR) is 97.1 cm³/mol. The van der Waals surface area contributed by atoms with Gasteiger partial charge in [0.25, 0.3) is 0 Å². The van der Waals surface area contributed by atoms with E-state index in [0.29, 0.717) is 12.6 Å². The minimum absolute atomic E-state index is 0.513. The van der Waals surface area contributed by atoms with E-state index in [1.54, 1.807) is 0 Å². The van der Waals surface area contributed by atoms with E-state index in [0.717, 1.165) is 37.8 Å². The van der Waals surface area contributed by atoms with Crippen molar-refractivity contribution in [2.24, 2.45) is 5.92 Å². The van der Waals surface area contributed by atoms with Crippen LogP contribution in [0.15, 0.2) is 54.6 Å². The molecule has 3 nitrogen and oxygen atoms in total. The van der Waals surface area contributed by atoms with Crippen molar-refractivity contribution in [3.05, 3.63) is 65.7 Å². The first-order valence-corrected chi connectivity index (χ1v) is 9.12. The zero-order valence-corrected chi connectivity index (χ0v) is 14.2. The zero-order valence-electron chi connectivity index (χ0n) is 14.2. The van der Waals surface area contributed by atoms with Crippen molar-refractivity contribution in [1.29, 1.82) is 0 Å². The van der Waals surface area contributed by atoms with Gasteiger partial charge in [-0.05, 0) is 30.4 Å². The Balaban J connectivity index is 1.55. The third-order valence-corrected chi connectivity index (χ3v) is 5.09. The van der Waals surface area contributed by atoms with Crippen LogP contribution in [0.5, 0.6) is 5.75 Å². The minimum atomic E-state index is 0.513. The molecule has 2 fully saturated rings. The maximum Gasteiger partial charge on any atom is 0.124 e. The molecule has 0 aromatic heterocycles. The van der Waals surface area contributed by atoms with E-state index < -0.39 is 0 Å². The molecule has 0 unspecified atom stereocenters. The maximum atomic E-state index is 6.23. The summed E-state index contributed by atoms with van der Waals surface area (Å²) in [6.07, 6.45) is 2.70. The Morgan fingerprint density at radius 1 is 0.958 bits per heavy atom. The van der Waals surface area contributed by atoms with Crippen LogP contribution >= 0.6 is 0 Å². The molecule has 1 aliphatic heterocycles. The highest BCUT2D eigenvalue weighted by molar-refractivity contribution is 5.37. The van der Waals surface area contributed by atoms with Gasteiger partial charge in [-0.1, -0.05) is 48.5 Å². The van der Waals surface area contributed by atoms with Crippen LogP contribution in [0.1, 0.15) is 30.0 Å². The molecule has 1 N–H and O–H groups in total. The van der Waals surface area contributed by atoms with Crippen LogP contribution in [0, 0.1) is 5.92 Å². The molecule has 3 heteroatoms. The van der Waals surface area contributed by atoms with Gasteiger partial charge in [0.15, 0.2) is 0 Å². The Morgan fingerprint density at radius 3 is 2.42 bits per heavy atom. The first kappa shape index (κ1) is 15.7. The average Bonchev–Trinajstić information content (AvgIpc) is 3.48. The Bertz CT molecular complexity index is 648. The van der Waals surface area contributed by atoms with E-state index in [2.05, 4.69) is 58.7 Å². The Morgan fingerprint density at radius 2 is 1.67 bits per heavy atom. The fourth-order valence-corrected chi connectivity index (χ4v) is 3.71. The van der Waals surface area contributed by atoms with Crippen LogP contribution in [-0.2, 0) is 6.61 Å². The van der Waals surface area contributed by atoms with Gasteiger partial charge >= 0.3 is 0 Å². The highest BCUT2D eigenvalue weighted by Crippen LogP contribution is 2.47. The molecule has 2 aromatic rings. The number of para-hydroxylation sites is 1. The Kier molecular flexibility index (Phi) is 4.81. The molecule has 0 spiro atoms. The van der Waals surface area contributed by atoms with E-state index in [4.69, 9.17) is 4.74 Å². The molecular weight excluding hydrogens is 296 g/mol. The summed E-state index contributed by atoms with van der Waals surface area (Å²) < 4.78 is 6.23. The van der Waals surface area contributed by atoms with Gasteiger partial charge in [0, 0.05) is 37.8 Å². The van der Waals surface area contributed by atoms with Gasteiger partial charge in [0.2, 0.25) is 0 Å². The average molecular weight is 322 g/mol. The van der Waals surface area contributed by atoms with Gasteiger partial charge in [-0.15, -0.1) is 0 Å². The van der Waals surface area contributed by atoms with Gasteiger partial charge in [-0.2, -0.15) is 0 Å². The number of nitrogens with zero attached hydrogens (tertiary/aromatic N) is 1. The van der Waals surface area contributed by atoms with Gasteiger partial charge in [-0.3, -0.25) is 4.90 Å². The van der Waals surface area contributed by atoms with Crippen LogP contribution in [0.4, 0.5) is 0 Å². The van der Waals surface area contributed by atoms with E-state index in [1.807, 2.05) is 6.07 Å². The Hall–Kier alpha value is -1.84. The summed E-state index contributed by atoms with van der Waals surface area (Å²) in [4.78, 5) is 2.65. The van der Waals surface area contributed by atoms with Crippen LogP contribution in [0.25, 0.3) is 0 Å². The largest absolute Gasteiger partial charge is 0.489 e. The zero-order chi connectivity index (χ0) is 16.2. The molecule has 1 saturated carbocycles. The summed E-state index contributed by atoms with van der Waals surface area (Å²) in [5.41, 5.74) is 2.59. The van der Waals surface area contributed by atoms with Crippen molar-refractivity contribution in [3.63, 3.8) is 0 Å². The molecule has 2 aliphatic rings. The lowest BCUT2D eigenvalue weighted by molar-refractivity contribution is 0.151. The van der Waals surface area contributed by atoms with Crippen molar-refractivity contribution in [2.75, 3.05) is 26.2 Å². The van der Waals surface area contributed by atoms with Crippen molar-refractivity contribution in [3.8, 4) is 5.75 Å². The van der Waals surface area contributed by atoms with E-state index in [1.165, 1.54) is 24.0 Å². The molecule has 0 radical (unpaired) electrons. The van der Waals surface area contributed by atoms with Crippen molar-refractivity contribution >= 4 is 0 Å². The topological polar surface area (TPSA) is 24.5 Å². The van der Waals surface area contributed by atoms with E-state index in [9.17, 15) is 0 Å². The molecule has 2 aromatic carbocycles. The fourth-order valence-electron chi connectivity index (χ4n) is 3.71. The molecular formula is C21H26N2O. The lowest BCUT2D eigenvalue weighted by Crippen LogP contribution is -2.45. The normalized spacial score (nSPS) is 19.8. The van der Waals surface area contributed by atoms with Gasteiger partial charge < -0.3 is 10.1 Å². The number of piperazine rings is 1. The summed E-state index contributed by atoms with van der Waals surface area (Å²) in [5, 5.41) is 3.47.